The lowest BCUT2D eigenvalue weighted by Crippen LogP contribution is -2.32. The summed E-state index contributed by atoms with van der Waals surface area (Å²) in [4.78, 5) is 10.1. The lowest BCUT2D eigenvalue weighted by molar-refractivity contribution is 0.0234. The highest BCUT2D eigenvalue weighted by Crippen LogP contribution is 2.29. The standard InChI is InChI=1S/C6H9ClO2/c1-4-2-3-5(4)9-6(7)8/h4-5H,2-3H2,1H3. The first-order valence-corrected chi connectivity index (χ1v) is 3.44. The first-order valence-electron chi connectivity index (χ1n) is 3.06. The van der Waals surface area contributed by atoms with Crippen molar-refractivity contribution < 1.29 is 9.53 Å². The van der Waals surface area contributed by atoms with Crippen molar-refractivity contribution in [3.63, 3.8) is 0 Å². The van der Waals surface area contributed by atoms with Gasteiger partial charge in [-0.1, -0.05) is 6.92 Å². The van der Waals surface area contributed by atoms with Gasteiger partial charge in [0.05, 0.1) is 0 Å². The molecule has 2 unspecified atom stereocenters. The van der Waals surface area contributed by atoms with E-state index in [1.54, 1.807) is 0 Å². The monoisotopic (exact) mass is 148 g/mol. The molecule has 2 nitrogen and oxygen atoms in total. The van der Waals surface area contributed by atoms with Crippen LogP contribution in [-0.2, 0) is 4.74 Å². The zero-order chi connectivity index (χ0) is 6.85. The van der Waals surface area contributed by atoms with Gasteiger partial charge >= 0.3 is 5.43 Å². The molecular weight excluding hydrogens is 140 g/mol. The number of hydrogen-bond acceptors (Lipinski definition) is 2. The zero-order valence-electron chi connectivity index (χ0n) is 5.26. The third-order valence-corrected chi connectivity index (χ3v) is 1.87. The highest BCUT2D eigenvalue weighted by Gasteiger charge is 2.29. The van der Waals surface area contributed by atoms with E-state index in [0.717, 1.165) is 12.8 Å². The molecule has 0 spiro atoms. The van der Waals surface area contributed by atoms with Crippen molar-refractivity contribution in [1.82, 2.24) is 0 Å². The van der Waals surface area contributed by atoms with Crippen molar-refractivity contribution in [3.8, 4) is 0 Å². The number of hydrogen-bond donors (Lipinski definition) is 0. The second kappa shape index (κ2) is 2.56. The number of halogens is 1. The summed E-state index contributed by atoms with van der Waals surface area (Å²) in [5.74, 6) is 0.507. The average molecular weight is 149 g/mol. The topological polar surface area (TPSA) is 26.3 Å². The first-order chi connectivity index (χ1) is 4.20. The zero-order valence-corrected chi connectivity index (χ0v) is 6.02. The molecule has 1 saturated carbocycles. The molecule has 0 aromatic heterocycles. The van der Waals surface area contributed by atoms with E-state index >= 15 is 0 Å². The molecule has 0 N–H and O–H groups in total. The van der Waals surface area contributed by atoms with E-state index in [1.807, 2.05) is 6.92 Å². The Bertz CT molecular complexity index is 124. The quantitative estimate of drug-likeness (QED) is 0.533. The van der Waals surface area contributed by atoms with Crippen molar-refractivity contribution >= 4 is 17.0 Å². The highest BCUT2D eigenvalue weighted by atomic mass is 35.5. The van der Waals surface area contributed by atoms with E-state index in [4.69, 9.17) is 16.3 Å². The van der Waals surface area contributed by atoms with E-state index in [9.17, 15) is 4.79 Å². The smallest absolute Gasteiger partial charge is 0.404 e. The minimum absolute atomic E-state index is 0.0926. The fourth-order valence-electron chi connectivity index (χ4n) is 0.930. The third-order valence-electron chi connectivity index (χ3n) is 1.79. The van der Waals surface area contributed by atoms with E-state index in [1.165, 1.54) is 0 Å². The highest BCUT2D eigenvalue weighted by molar-refractivity contribution is 6.61. The molecular formula is C6H9ClO2. The first kappa shape index (κ1) is 6.87. The Morgan fingerprint density at radius 2 is 2.33 bits per heavy atom. The number of carbonyl (C=O) groups excluding carboxylic acids is 1. The fraction of sp³-hybridized carbons (Fsp3) is 0.833. The predicted molar refractivity (Wildman–Crippen MR) is 34.5 cm³/mol. The molecule has 1 rings (SSSR count). The minimum atomic E-state index is -0.674. The van der Waals surface area contributed by atoms with Gasteiger partial charge in [-0.2, -0.15) is 0 Å². The Balaban J connectivity index is 2.21. The van der Waals surface area contributed by atoms with Crippen LogP contribution >= 0.6 is 11.6 Å². The summed E-state index contributed by atoms with van der Waals surface area (Å²) in [5.41, 5.74) is -0.674. The third kappa shape index (κ3) is 1.58. The molecule has 0 amide bonds. The van der Waals surface area contributed by atoms with Gasteiger partial charge in [-0.05, 0) is 18.8 Å². The van der Waals surface area contributed by atoms with Crippen molar-refractivity contribution in [1.29, 1.82) is 0 Å². The van der Waals surface area contributed by atoms with Crippen LogP contribution in [0.3, 0.4) is 0 Å². The normalized spacial score (nSPS) is 33.1. The lowest BCUT2D eigenvalue weighted by Gasteiger charge is -2.31. The van der Waals surface area contributed by atoms with Crippen LogP contribution in [0.5, 0.6) is 0 Å². The van der Waals surface area contributed by atoms with Gasteiger partial charge in [0.1, 0.15) is 6.10 Å². The summed E-state index contributed by atoms with van der Waals surface area (Å²) in [6.45, 7) is 2.05. The molecule has 3 heteroatoms. The van der Waals surface area contributed by atoms with Gasteiger partial charge in [0.25, 0.3) is 0 Å². The maximum absolute atomic E-state index is 10.1. The Labute approximate surface area is 59.1 Å². The van der Waals surface area contributed by atoms with Crippen LogP contribution in [0.2, 0.25) is 0 Å². The molecule has 52 valence electrons. The summed E-state index contributed by atoms with van der Waals surface area (Å²) < 4.78 is 4.72. The molecule has 0 aromatic rings. The molecule has 0 aliphatic heterocycles. The van der Waals surface area contributed by atoms with Crippen LogP contribution in [0.4, 0.5) is 4.79 Å². The fourth-order valence-corrected chi connectivity index (χ4v) is 1.04. The van der Waals surface area contributed by atoms with Gasteiger partial charge in [-0.25, -0.2) is 4.79 Å². The molecule has 0 aromatic carbocycles. The summed E-state index contributed by atoms with van der Waals surface area (Å²) in [6.07, 6.45) is 2.21. The van der Waals surface area contributed by atoms with Crippen molar-refractivity contribution in [2.75, 3.05) is 0 Å². The predicted octanol–water partition coefficient (Wildman–Crippen LogP) is 2.16. The maximum Gasteiger partial charge on any atom is 0.404 e. The van der Waals surface area contributed by atoms with Crippen LogP contribution in [0, 0.1) is 5.92 Å². The van der Waals surface area contributed by atoms with Crippen LogP contribution in [0.25, 0.3) is 0 Å². The Kier molecular flexibility index (Phi) is 1.96. The van der Waals surface area contributed by atoms with Gasteiger partial charge in [0, 0.05) is 11.6 Å². The van der Waals surface area contributed by atoms with Gasteiger partial charge in [-0.15, -0.1) is 0 Å². The average Bonchev–Trinajstić information content (AvgIpc) is 1.79. The number of carbonyl (C=O) groups is 1. The van der Waals surface area contributed by atoms with E-state index in [2.05, 4.69) is 0 Å². The summed E-state index contributed by atoms with van der Waals surface area (Å²) in [6, 6.07) is 0. The van der Waals surface area contributed by atoms with E-state index < -0.39 is 5.43 Å². The van der Waals surface area contributed by atoms with Crippen molar-refractivity contribution in [2.45, 2.75) is 25.9 Å². The molecule has 0 radical (unpaired) electrons. The van der Waals surface area contributed by atoms with Gasteiger partial charge < -0.3 is 4.74 Å². The Morgan fingerprint density at radius 1 is 1.67 bits per heavy atom. The molecule has 1 aliphatic rings. The SMILES string of the molecule is CC1CCC1OC(=O)Cl. The van der Waals surface area contributed by atoms with E-state index in [-0.39, 0.29) is 6.10 Å². The van der Waals surface area contributed by atoms with Gasteiger partial charge in [-0.3, -0.25) is 0 Å². The van der Waals surface area contributed by atoms with Gasteiger partial charge in [0.2, 0.25) is 0 Å². The van der Waals surface area contributed by atoms with Crippen molar-refractivity contribution in [3.05, 3.63) is 0 Å². The number of ether oxygens (including phenoxy) is 1. The molecule has 1 fully saturated rings. The van der Waals surface area contributed by atoms with Gasteiger partial charge in [0.15, 0.2) is 0 Å². The largest absolute Gasteiger partial charge is 0.450 e. The molecule has 9 heavy (non-hydrogen) atoms. The molecule has 0 saturated heterocycles. The second-order valence-corrected chi connectivity index (χ2v) is 2.76. The van der Waals surface area contributed by atoms with Crippen LogP contribution in [0.15, 0.2) is 0 Å². The molecule has 2 atom stereocenters. The van der Waals surface area contributed by atoms with Crippen LogP contribution in [-0.4, -0.2) is 11.5 Å². The summed E-state index contributed by atoms with van der Waals surface area (Å²) >= 11 is 4.99. The Morgan fingerprint density at radius 3 is 2.44 bits per heavy atom. The molecule has 1 aliphatic carbocycles. The maximum atomic E-state index is 10.1. The Hall–Kier alpha value is -0.240. The summed E-state index contributed by atoms with van der Waals surface area (Å²) in [5, 5.41) is 0. The lowest BCUT2D eigenvalue weighted by atomic mass is 9.84. The van der Waals surface area contributed by atoms with Crippen molar-refractivity contribution in [2.24, 2.45) is 5.92 Å². The van der Waals surface area contributed by atoms with E-state index in [0.29, 0.717) is 5.92 Å². The van der Waals surface area contributed by atoms with Crippen LogP contribution < -0.4 is 0 Å². The van der Waals surface area contributed by atoms with Crippen LogP contribution in [0.1, 0.15) is 19.8 Å². The second-order valence-electron chi connectivity index (χ2n) is 2.45. The minimum Gasteiger partial charge on any atom is -0.450 e. The number of rotatable bonds is 1. The summed E-state index contributed by atoms with van der Waals surface area (Å²) in [7, 11) is 0. The molecule has 0 bridgehead atoms. The molecule has 0 heterocycles.